The quantitative estimate of drug-likeness (QED) is 0.784. The lowest BCUT2D eigenvalue weighted by molar-refractivity contribution is 0.112. The fourth-order valence-corrected chi connectivity index (χ4v) is 2.41. The van der Waals surface area contributed by atoms with Gasteiger partial charge in [-0.05, 0) is 49.9 Å². The van der Waals surface area contributed by atoms with Gasteiger partial charge in [-0.3, -0.25) is 4.79 Å². The lowest BCUT2D eigenvalue weighted by atomic mass is 9.94. The molecule has 20 heavy (non-hydrogen) atoms. The van der Waals surface area contributed by atoms with Gasteiger partial charge >= 0.3 is 0 Å². The Morgan fingerprint density at radius 3 is 2.30 bits per heavy atom. The van der Waals surface area contributed by atoms with E-state index in [1.807, 2.05) is 27.0 Å². The summed E-state index contributed by atoms with van der Waals surface area (Å²) in [6.07, 6.45) is 4.72. The Balaban J connectivity index is 0.00000180. The van der Waals surface area contributed by atoms with Gasteiger partial charge in [0.05, 0.1) is 0 Å². The van der Waals surface area contributed by atoms with Crippen LogP contribution in [-0.2, 0) is 6.54 Å². The maximum absolute atomic E-state index is 11.2. The van der Waals surface area contributed by atoms with Gasteiger partial charge in [-0.15, -0.1) is 0 Å². The fourth-order valence-electron chi connectivity index (χ4n) is 2.41. The van der Waals surface area contributed by atoms with Crippen LogP contribution in [0.1, 0.15) is 53.3 Å². The van der Waals surface area contributed by atoms with Gasteiger partial charge in [-0.25, -0.2) is 4.98 Å². The molecular formula is C17H26N2O. The number of rotatable bonds is 3. The van der Waals surface area contributed by atoms with Gasteiger partial charge in [-0.1, -0.05) is 20.9 Å². The third-order valence-corrected chi connectivity index (χ3v) is 3.56. The van der Waals surface area contributed by atoms with Gasteiger partial charge in [0.15, 0.2) is 6.29 Å². The van der Waals surface area contributed by atoms with Crippen LogP contribution in [0.2, 0.25) is 0 Å². The second kappa shape index (κ2) is 7.04. The summed E-state index contributed by atoms with van der Waals surface area (Å²) >= 11 is 0. The van der Waals surface area contributed by atoms with Gasteiger partial charge in [0.1, 0.15) is 5.82 Å². The fraction of sp³-hybridized carbons (Fsp3) is 0.412. The monoisotopic (exact) mass is 274 g/mol. The molecule has 0 aliphatic heterocycles. The Labute approximate surface area is 122 Å². The van der Waals surface area contributed by atoms with Gasteiger partial charge < -0.3 is 4.57 Å². The SMILES string of the molecule is C.C.Cc1cc(C)c(Cn2ccnc2C)c(C)c1C=O. The first kappa shape index (κ1) is 18.1. The molecular weight excluding hydrogens is 248 g/mol. The summed E-state index contributed by atoms with van der Waals surface area (Å²) in [6.45, 7) is 8.85. The number of carbonyl (C=O) groups excluding carboxylic acids is 1. The average Bonchev–Trinajstić information content (AvgIpc) is 2.70. The van der Waals surface area contributed by atoms with Crippen molar-refractivity contribution in [1.29, 1.82) is 0 Å². The Morgan fingerprint density at radius 2 is 1.80 bits per heavy atom. The molecule has 0 aliphatic rings. The largest absolute Gasteiger partial charge is 0.331 e. The molecule has 2 rings (SSSR count). The smallest absolute Gasteiger partial charge is 0.150 e. The van der Waals surface area contributed by atoms with Crippen LogP contribution in [0.15, 0.2) is 18.5 Å². The Bertz CT molecular complexity index is 597. The first-order valence-corrected chi connectivity index (χ1v) is 6.07. The molecule has 0 N–H and O–H groups in total. The number of imidazole rings is 1. The third-order valence-electron chi connectivity index (χ3n) is 3.56. The number of aldehydes is 1. The maximum Gasteiger partial charge on any atom is 0.150 e. The first-order valence-electron chi connectivity index (χ1n) is 6.07. The number of hydrogen-bond acceptors (Lipinski definition) is 2. The molecule has 1 heterocycles. The van der Waals surface area contributed by atoms with E-state index in [0.717, 1.165) is 35.3 Å². The molecule has 0 spiro atoms. The highest BCUT2D eigenvalue weighted by Gasteiger charge is 2.11. The van der Waals surface area contributed by atoms with E-state index < -0.39 is 0 Å². The van der Waals surface area contributed by atoms with Crippen molar-refractivity contribution in [3.05, 3.63) is 52.1 Å². The molecule has 0 saturated heterocycles. The third kappa shape index (κ3) is 3.16. The minimum Gasteiger partial charge on any atom is -0.331 e. The highest BCUT2D eigenvalue weighted by molar-refractivity contribution is 5.80. The molecule has 1 aromatic carbocycles. The number of aryl methyl sites for hydroxylation is 3. The van der Waals surface area contributed by atoms with Crippen LogP contribution >= 0.6 is 0 Å². The number of hydrogen-bond donors (Lipinski definition) is 0. The standard InChI is InChI=1S/C15H18N2O.2CH4/c1-10-7-11(2)15(9-18)12(3)14(10)8-17-6-5-16-13(17)4;;/h5-7,9H,8H2,1-4H3;2*1H4. The molecule has 0 atom stereocenters. The normalized spacial score (nSPS) is 9.60. The predicted molar refractivity (Wildman–Crippen MR) is 85.6 cm³/mol. The molecule has 3 nitrogen and oxygen atoms in total. The topological polar surface area (TPSA) is 34.9 Å². The number of nitrogens with zero attached hydrogens (tertiary/aromatic N) is 2. The lowest BCUT2D eigenvalue weighted by Gasteiger charge is -2.15. The summed E-state index contributed by atoms with van der Waals surface area (Å²) in [5.41, 5.74) is 5.38. The molecule has 0 amide bonds. The van der Waals surface area contributed by atoms with E-state index >= 15 is 0 Å². The minimum atomic E-state index is 0. The molecule has 1 aromatic heterocycles. The van der Waals surface area contributed by atoms with Crippen molar-refractivity contribution in [3.8, 4) is 0 Å². The van der Waals surface area contributed by atoms with E-state index in [1.165, 1.54) is 11.1 Å². The van der Waals surface area contributed by atoms with Gasteiger partial charge in [0.25, 0.3) is 0 Å². The van der Waals surface area contributed by atoms with Crippen LogP contribution in [0, 0.1) is 27.7 Å². The van der Waals surface area contributed by atoms with Crippen molar-refractivity contribution < 1.29 is 4.79 Å². The molecule has 0 unspecified atom stereocenters. The summed E-state index contributed by atoms with van der Waals surface area (Å²) in [5, 5.41) is 0. The molecule has 110 valence electrons. The minimum absolute atomic E-state index is 0. The van der Waals surface area contributed by atoms with Crippen LogP contribution in [-0.4, -0.2) is 15.8 Å². The van der Waals surface area contributed by atoms with Gasteiger partial charge in [0, 0.05) is 24.5 Å². The van der Waals surface area contributed by atoms with Crippen LogP contribution in [0.4, 0.5) is 0 Å². The summed E-state index contributed by atoms with van der Waals surface area (Å²) in [5.74, 6) is 0.988. The Kier molecular flexibility index (Phi) is 6.37. The van der Waals surface area contributed by atoms with E-state index in [0.29, 0.717) is 0 Å². The Morgan fingerprint density at radius 1 is 1.15 bits per heavy atom. The van der Waals surface area contributed by atoms with E-state index in [2.05, 4.69) is 22.5 Å². The molecule has 0 saturated carbocycles. The summed E-state index contributed by atoms with van der Waals surface area (Å²) in [6, 6.07) is 2.08. The van der Waals surface area contributed by atoms with E-state index in [9.17, 15) is 4.79 Å². The number of benzene rings is 1. The maximum atomic E-state index is 11.2. The van der Waals surface area contributed by atoms with Crippen molar-refractivity contribution in [1.82, 2.24) is 9.55 Å². The van der Waals surface area contributed by atoms with E-state index in [1.54, 1.807) is 6.20 Å². The summed E-state index contributed by atoms with van der Waals surface area (Å²) < 4.78 is 2.10. The van der Waals surface area contributed by atoms with Gasteiger partial charge in [0.2, 0.25) is 0 Å². The van der Waals surface area contributed by atoms with E-state index in [4.69, 9.17) is 0 Å². The van der Waals surface area contributed by atoms with Crippen molar-refractivity contribution in [3.63, 3.8) is 0 Å². The van der Waals surface area contributed by atoms with Crippen LogP contribution < -0.4 is 0 Å². The van der Waals surface area contributed by atoms with E-state index in [-0.39, 0.29) is 14.9 Å². The second-order valence-corrected chi connectivity index (χ2v) is 4.75. The number of aromatic nitrogens is 2. The van der Waals surface area contributed by atoms with Crippen molar-refractivity contribution in [2.75, 3.05) is 0 Å². The van der Waals surface area contributed by atoms with Crippen LogP contribution in [0.3, 0.4) is 0 Å². The highest BCUT2D eigenvalue weighted by Crippen LogP contribution is 2.22. The molecule has 0 bridgehead atoms. The molecule has 0 aliphatic carbocycles. The highest BCUT2D eigenvalue weighted by atomic mass is 16.1. The molecule has 2 aromatic rings. The van der Waals surface area contributed by atoms with Crippen LogP contribution in [0.5, 0.6) is 0 Å². The van der Waals surface area contributed by atoms with Crippen molar-refractivity contribution in [2.45, 2.75) is 49.1 Å². The van der Waals surface area contributed by atoms with Gasteiger partial charge in [-0.2, -0.15) is 0 Å². The zero-order valence-electron chi connectivity index (χ0n) is 11.3. The Hall–Kier alpha value is -1.90. The summed E-state index contributed by atoms with van der Waals surface area (Å²) in [4.78, 5) is 15.4. The number of carbonyl (C=O) groups is 1. The molecule has 0 radical (unpaired) electrons. The average molecular weight is 274 g/mol. The zero-order chi connectivity index (χ0) is 13.3. The first-order chi connectivity index (χ1) is 8.54. The lowest BCUT2D eigenvalue weighted by Crippen LogP contribution is -2.07. The van der Waals surface area contributed by atoms with Crippen LogP contribution in [0.25, 0.3) is 0 Å². The molecule has 0 fully saturated rings. The second-order valence-electron chi connectivity index (χ2n) is 4.75. The molecule has 3 heteroatoms. The van der Waals surface area contributed by atoms with Crippen molar-refractivity contribution in [2.24, 2.45) is 0 Å². The zero-order valence-corrected chi connectivity index (χ0v) is 11.3. The predicted octanol–water partition coefficient (Wildman–Crippen LogP) is 4.25. The summed E-state index contributed by atoms with van der Waals surface area (Å²) in [7, 11) is 0. The van der Waals surface area contributed by atoms with Crippen molar-refractivity contribution >= 4 is 6.29 Å².